The van der Waals surface area contributed by atoms with Gasteiger partial charge in [0, 0.05) is 16.5 Å². The molecule has 1 saturated heterocycles. The number of nitrogens with two attached hydrogens (primary N) is 1. The summed E-state index contributed by atoms with van der Waals surface area (Å²) >= 11 is 1.85. The number of hydrogen-bond acceptors (Lipinski definition) is 3. The average molecular weight is 223 g/mol. The number of aliphatic hydroxyl groups excluding tert-OH is 1. The molecule has 1 aliphatic rings. The molecule has 1 heterocycles. The van der Waals surface area contributed by atoms with Gasteiger partial charge in [0.05, 0.1) is 6.10 Å². The van der Waals surface area contributed by atoms with Gasteiger partial charge in [0.1, 0.15) is 0 Å². The number of aryl methyl sites for hydroxylation is 1. The van der Waals surface area contributed by atoms with Crippen molar-refractivity contribution in [2.24, 2.45) is 0 Å². The van der Waals surface area contributed by atoms with E-state index in [1.165, 1.54) is 6.42 Å². The largest absolute Gasteiger partial charge is 0.398 e. The Bertz CT molecular complexity index is 347. The van der Waals surface area contributed by atoms with Crippen LogP contribution < -0.4 is 5.73 Å². The van der Waals surface area contributed by atoms with E-state index >= 15 is 0 Å². The van der Waals surface area contributed by atoms with Gasteiger partial charge in [-0.1, -0.05) is 18.2 Å². The van der Waals surface area contributed by atoms with E-state index in [1.807, 2.05) is 36.9 Å². The summed E-state index contributed by atoms with van der Waals surface area (Å²) in [4.78, 5) is 0. The van der Waals surface area contributed by atoms with Crippen molar-refractivity contribution in [1.29, 1.82) is 0 Å². The van der Waals surface area contributed by atoms with Crippen LogP contribution in [0.3, 0.4) is 0 Å². The maximum absolute atomic E-state index is 10.2. The summed E-state index contributed by atoms with van der Waals surface area (Å²) in [7, 11) is 0. The molecule has 2 nitrogen and oxygen atoms in total. The summed E-state index contributed by atoms with van der Waals surface area (Å²) in [5.74, 6) is 1.16. The van der Waals surface area contributed by atoms with E-state index in [2.05, 4.69) is 0 Å². The standard InChI is InChI=1S/C12H17NOS/c1-8-4-2-5-9(11(8)13)12(14)10-6-3-7-15-10/h2,4-5,10,12,14H,3,6-7,13H2,1H3. The van der Waals surface area contributed by atoms with Crippen LogP contribution in [-0.4, -0.2) is 16.1 Å². The summed E-state index contributed by atoms with van der Waals surface area (Å²) < 4.78 is 0. The monoisotopic (exact) mass is 223 g/mol. The molecule has 2 atom stereocenters. The molecule has 1 fully saturated rings. The zero-order chi connectivity index (χ0) is 10.8. The molecule has 1 aromatic rings. The van der Waals surface area contributed by atoms with E-state index in [-0.39, 0.29) is 0 Å². The third-order valence-electron chi connectivity index (χ3n) is 2.99. The molecule has 3 N–H and O–H groups in total. The van der Waals surface area contributed by atoms with Crippen molar-refractivity contribution in [3.63, 3.8) is 0 Å². The van der Waals surface area contributed by atoms with Crippen molar-refractivity contribution in [3.8, 4) is 0 Å². The van der Waals surface area contributed by atoms with E-state index in [0.29, 0.717) is 5.25 Å². The van der Waals surface area contributed by atoms with Crippen molar-refractivity contribution >= 4 is 17.4 Å². The van der Waals surface area contributed by atoms with Crippen LogP contribution in [0.5, 0.6) is 0 Å². The van der Waals surface area contributed by atoms with E-state index in [0.717, 1.165) is 29.0 Å². The van der Waals surface area contributed by atoms with Gasteiger partial charge >= 0.3 is 0 Å². The molecule has 1 aliphatic heterocycles. The highest BCUT2D eigenvalue weighted by molar-refractivity contribution is 8.00. The van der Waals surface area contributed by atoms with Crippen molar-refractivity contribution in [2.45, 2.75) is 31.1 Å². The van der Waals surface area contributed by atoms with E-state index in [4.69, 9.17) is 5.73 Å². The summed E-state index contributed by atoms with van der Waals surface area (Å²) in [6, 6.07) is 5.88. The summed E-state index contributed by atoms with van der Waals surface area (Å²) in [6.45, 7) is 1.98. The molecule has 0 amide bonds. The third-order valence-corrected chi connectivity index (χ3v) is 4.44. The van der Waals surface area contributed by atoms with Gasteiger partial charge in [-0.15, -0.1) is 0 Å². The van der Waals surface area contributed by atoms with Crippen LogP contribution in [0.4, 0.5) is 5.69 Å². The molecule has 0 aliphatic carbocycles. The second kappa shape index (κ2) is 4.45. The molecule has 1 aromatic carbocycles. The Balaban J connectivity index is 2.24. The van der Waals surface area contributed by atoms with Gasteiger partial charge in [-0.2, -0.15) is 11.8 Å². The molecule has 0 aromatic heterocycles. The number of aliphatic hydroxyl groups is 1. The van der Waals surface area contributed by atoms with Gasteiger partial charge in [0.25, 0.3) is 0 Å². The Morgan fingerprint density at radius 2 is 2.33 bits per heavy atom. The minimum absolute atomic E-state index is 0.328. The summed E-state index contributed by atoms with van der Waals surface area (Å²) in [5, 5.41) is 10.6. The molecule has 82 valence electrons. The maximum Gasteiger partial charge on any atom is 0.0928 e. The fourth-order valence-electron chi connectivity index (χ4n) is 2.01. The minimum atomic E-state index is -0.405. The molecule has 2 rings (SSSR count). The molecular formula is C12H17NOS. The number of para-hydroxylation sites is 1. The summed E-state index contributed by atoms with van der Waals surface area (Å²) in [6.07, 6.45) is 1.90. The highest BCUT2D eigenvalue weighted by atomic mass is 32.2. The smallest absolute Gasteiger partial charge is 0.0928 e. The van der Waals surface area contributed by atoms with E-state index in [9.17, 15) is 5.11 Å². The number of rotatable bonds is 2. The van der Waals surface area contributed by atoms with Crippen LogP contribution in [0, 0.1) is 6.92 Å². The number of benzene rings is 1. The first-order chi connectivity index (χ1) is 7.20. The fraction of sp³-hybridized carbons (Fsp3) is 0.500. The average Bonchev–Trinajstić information content (AvgIpc) is 2.74. The lowest BCUT2D eigenvalue weighted by Gasteiger charge is -2.19. The van der Waals surface area contributed by atoms with Gasteiger partial charge in [0.2, 0.25) is 0 Å². The van der Waals surface area contributed by atoms with Crippen LogP contribution in [0.25, 0.3) is 0 Å². The van der Waals surface area contributed by atoms with E-state index < -0.39 is 6.10 Å². The first-order valence-electron chi connectivity index (χ1n) is 5.35. The molecular weight excluding hydrogens is 206 g/mol. The third kappa shape index (κ3) is 2.13. The van der Waals surface area contributed by atoms with Crippen LogP contribution in [-0.2, 0) is 0 Å². The topological polar surface area (TPSA) is 46.2 Å². The minimum Gasteiger partial charge on any atom is -0.398 e. The molecule has 3 heteroatoms. The lowest BCUT2D eigenvalue weighted by atomic mass is 9.99. The second-order valence-corrected chi connectivity index (χ2v) is 5.42. The number of hydrogen-bond donors (Lipinski definition) is 2. The fourth-order valence-corrected chi connectivity index (χ4v) is 3.31. The highest BCUT2D eigenvalue weighted by Gasteiger charge is 2.26. The molecule has 0 saturated carbocycles. The quantitative estimate of drug-likeness (QED) is 0.757. The SMILES string of the molecule is Cc1cccc(C(O)C2CCCS2)c1N. The van der Waals surface area contributed by atoms with Crippen LogP contribution >= 0.6 is 11.8 Å². The lowest BCUT2D eigenvalue weighted by Crippen LogP contribution is -2.14. The van der Waals surface area contributed by atoms with Crippen molar-refractivity contribution < 1.29 is 5.11 Å². The first-order valence-corrected chi connectivity index (χ1v) is 6.39. The summed E-state index contributed by atoms with van der Waals surface area (Å²) in [5.41, 5.74) is 8.68. The zero-order valence-corrected chi connectivity index (χ0v) is 9.76. The lowest BCUT2D eigenvalue weighted by molar-refractivity contribution is 0.174. The molecule has 0 spiro atoms. The van der Waals surface area contributed by atoms with Gasteiger partial charge in [-0.25, -0.2) is 0 Å². The van der Waals surface area contributed by atoms with Crippen molar-refractivity contribution in [2.75, 3.05) is 11.5 Å². The highest BCUT2D eigenvalue weighted by Crippen LogP contribution is 2.38. The Kier molecular flexibility index (Phi) is 3.22. The second-order valence-electron chi connectivity index (χ2n) is 4.07. The molecule has 0 bridgehead atoms. The number of thioether (sulfide) groups is 1. The Hall–Kier alpha value is -0.670. The number of anilines is 1. The molecule has 15 heavy (non-hydrogen) atoms. The predicted molar refractivity (Wildman–Crippen MR) is 66.0 cm³/mol. The molecule has 2 unspecified atom stereocenters. The van der Waals surface area contributed by atoms with Crippen molar-refractivity contribution in [3.05, 3.63) is 29.3 Å². The van der Waals surface area contributed by atoms with Gasteiger partial charge in [-0.05, 0) is 31.1 Å². The van der Waals surface area contributed by atoms with Gasteiger partial charge in [-0.3, -0.25) is 0 Å². The van der Waals surface area contributed by atoms with Crippen LogP contribution in [0.1, 0.15) is 30.1 Å². The van der Waals surface area contributed by atoms with Crippen molar-refractivity contribution in [1.82, 2.24) is 0 Å². The Labute approximate surface area is 94.9 Å². The number of nitrogen functional groups attached to an aromatic ring is 1. The predicted octanol–water partition coefficient (Wildman–Crippen LogP) is 2.51. The molecule has 0 radical (unpaired) electrons. The Morgan fingerprint density at radius 1 is 1.53 bits per heavy atom. The van der Waals surface area contributed by atoms with Crippen LogP contribution in [0.15, 0.2) is 18.2 Å². The van der Waals surface area contributed by atoms with Gasteiger partial charge in [0.15, 0.2) is 0 Å². The zero-order valence-electron chi connectivity index (χ0n) is 8.94. The Morgan fingerprint density at radius 3 is 3.00 bits per heavy atom. The van der Waals surface area contributed by atoms with Gasteiger partial charge < -0.3 is 10.8 Å². The van der Waals surface area contributed by atoms with E-state index in [1.54, 1.807) is 0 Å². The van der Waals surface area contributed by atoms with Crippen LogP contribution in [0.2, 0.25) is 0 Å². The maximum atomic E-state index is 10.2. The normalized spacial score (nSPS) is 22.9. The first kappa shape index (κ1) is 10.8.